The van der Waals surface area contributed by atoms with E-state index in [4.69, 9.17) is 21.1 Å². The number of fused-ring (bicyclic) bond motifs is 1. The van der Waals surface area contributed by atoms with Crippen molar-refractivity contribution >= 4 is 45.7 Å². The smallest absolute Gasteiger partial charge is 0.417 e. The van der Waals surface area contributed by atoms with Crippen molar-refractivity contribution in [2.24, 2.45) is 0 Å². The van der Waals surface area contributed by atoms with Gasteiger partial charge >= 0.3 is 6.09 Å². The Balaban J connectivity index is 1.57. The molecule has 0 spiro atoms. The van der Waals surface area contributed by atoms with E-state index in [9.17, 15) is 9.59 Å². The first-order valence-corrected chi connectivity index (χ1v) is 12.3. The standard InChI is InChI=1S/C31H23ClN2O4/c32-22-16-17-25-26(18-22)29(38-31(36)34-24-14-8-3-9-15-24)27(30(35)33-23-12-6-2-7-13-23)19-28(25)37-20-21-10-4-1-5-11-21/h1-19H,20H2,(H,33,35)(H,34,36). The molecule has 0 saturated heterocycles. The van der Waals surface area contributed by atoms with Crippen LogP contribution < -0.4 is 20.1 Å². The van der Waals surface area contributed by atoms with Gasteiger partial charge in [-0.3, -0.25) is 10.1 Å². The fourth-order valence-corrected chi connectivity index (χ4v) is 4.12. The zero-order chi connectivity index (χ0) is 26.3. The number of anilines is 2. The van der Waals surface area contributed by atoms with E-state index < -0.39 is 12.0 Å². The third-order valence-corrected chi connectivity index (χ3v) is 5.98. The van der Waals surface area contributed by atoms with Gasteiger partial charge in [-0.05, 0) is 54.1 Å². The lowest BCUT2D eigenvalue weighted by atomic mass is 10.0. The van der Waals surface area contributed by atoms with Gasteiger partial charge in [-0.1, -0.05) is 78.3 Å². The minimum absolute atomic E-state index is 0.0661. The highest BCUT2D eigenvalue weighted by atomic mass is 35.5. The molecule has 0 aliphatic heterocycles. The second kappa shape index (κ2) is 11.5. The summed E-state index contributed by atoms with van der Waals surface area (Å²) < 4.78 is 11.9. The van der Waals surface area contributed by atoms with E-state index in [1.165, 1.54) is 0 Å². The van der Waals surface area contributed by atoms with Gasteiger partial charge in [0.2, 0.25) is 0 Å². The SMILES string of the molecule is O=C(Nc1ccccc1)Oc1c(C(=O)Nc2ccccc2)cc(OCc2ccccc2)c2ccc(Cl)cc12. The Bertz CT molecular complexity index is 1580. The van der Waals surface area contributed by atoms with Crippen LogP contribution in [0, 0.1) is 0 Å². The maximum atomic E-state index is 13.5. The minimum Gasteiger partial charge on any atom is -0.488 e. The summed E-state index contributed by atoms with van der Waals surface area (Å²) in [7, 11) is 0. The van der Waals surface area contributed by atoms with Crippen molar-refractivity contribution in [3.8, 4) is 11.5 Å². The topological polar surface area (TPSA) is 76.7 Å². The Kier molecular flexibility index (Phi) is 7.52. The summed E-state index contributed by atoms with van der Waals surface area (Å²) in [6, 6.07) is 34.3. The second-order valence-corrected chi connectivity index (χ2v) is 8.85. The number of carbonyl (C=O) groups is 2. The zero-order valence-corrected chi connectivity index (χ0v) is 20.9. The van der Waals surface area contributed by atoms with Crippen LogP contribution in [0.15, 0.2) is 115 Å². The molecule has 0 aromatic heterocycles. The molecule has 2 amide bonds. The lowest BCUT2D eigenvalue weighted by Gasteiger charge is -2.18. The predicted octanol–water partition coefficient (Wildman–Crippen LogP) is 7.94. The molecule has 0 radical (unpaired) electrons. The number of halogens is 1. The predicted molar refractivity (Wildman–Crippen MR) is 150 cm³/mol. The van der Waals surface area contributed by atoms with Crippen LogP contribution in [0.3, 0.4) is 0 Å². The second-order valence-electron chi connectivity index (χ2n) is 8.42. The molecule has 0 bridgehead atoms. The average molecular weight is 523 g/mol. The molecule has 0 heterocycles. The van der Waals surface area contributed by atoms with Crippen LogP contribution in [0.25, 0.3) is 10.8 Å². The monoisotopic (exact) mass is 522 g/mol. The minimum atomic E-state index is -0.746. The lowest BCUT2D eigenvalue weighted by Crippen LogP contribution is -2.20. The van der Waals surface area contributed by atoms with Gasteiger partial charge in [0, 0.05) is 27.2 Å². The van der Waals surface area contributed by atoms with Crippen molar-refractivity contribution in [2.75, 3.05) is 10.6 Å². The van der Waals surface area contributed by atoms with Crippen LogP contribution in [0.4, 0.5) is 16.2 Å². The van der Waals surface area contributed by atoms with E-state index in [0.717, 1.165) is 5.56 Å². The van der Waals surface area contributed by atoms with E-state index in [0.29, 0.717) is 32.9 Å². The maximum Gasteiger partial charge on any atom is 0.417 e. The van der Waals surface area contributed by atoms with Crippen LogP contribution in [0.1, 0.15) is 15.9 Å². The first kappa shape index (κ1) is 24.9. The Hall–Kier alpha value is -4.81. The fraction of sp³-hybridized carbons (Fsp3) is 0.0323. The number of carbonyl (C=O) groups excluding carboxylic acids is 2. The number of rotatable bonds is 7. The summed E-state index contributed by atoms with van der Waals surface area (Å²) in [6.07, 6.45) is -0.746. The van der Waals surface area contributed by atoms with Gasteiger partial charge in [0.05, 0.1) is 5.56 Å². The Morgan fingerprint density at radius 1 is 0.684 bits per heavy atom. The van der Waals surface area contributed by atoms with E-state index in [2.05, 4.69) is 10.6 Å². The molecule has 5 aromatic carbocycles. The molecule has 7 heteroatoms. The summed E-state index contributed by atoms with van der Waals surface area (Å²) in [5, 5.41) is 7.07. The van der Waals surface area contributed by atoms with E-state index in [1.54, 1.807) is 60.7 Å². The normalized spacial score (nSPS) is 10.6. The van der Waals surface area contributed by atoms with Gasteiger partial charge in [0.15, 0.2) is 5.75 Å². The van der Waals surface area contributed by atoms with Gasteiger partial charge in [-0.15, -0.1) is 0 Å². The van der Waals surface area contributed by atoms with Crippen molar-refractivity contribution in [3.05, 3.63) is 131 Å². The summed E-state index contributed by atoms with van der Waals surface area (Å²) in [6.45, 7) is 0.285. The van der Waals surface area contributed by atoms with Crippen LogP contribution in [-0.2, 0) is 6.61 Å². The van der Waals surface area contributed by atoms with Crippen molar-refractivity contribution < 1.29 is 19.1 Å². The fourth-order valence-electron chi connectivity index (χ4n) is 3.95. The van der Waals surface area contributed by atoms with Gasteiger partial charge in [-0.2, -0.15) is 0 Å². The molecule has 0 saturated carbocycles. The third-order valence-electron chi connectivity index (χ3n) is 5.74. The lowest BCUT2D eigenvalue weighted by molar-refractivity contribution is 0.102. The largest absolute Gasteiger partial charge is 0.488 e. The Morgan fingerprint density at radius 3 is 1.95 bits per heavy atom. The highest BCUT2D eigenvalue weighted by molar-refractivity contribution is 6.31. The van der Waals surface area contributed by atoms with Gasteiger partial charge in [-0.25, -0.2) is 4.79 Å². The highest BCUT2D eigenvalue weighted by Gasteiger charge is 2.23. The van der Waals surface area contributed by atoms with Crippen LogP contribution in [0.5, 0.6) is 11.5 Å². The van der Waals surface area contributed by atoms with Gasteiger partial charge in [0.1, 0.15) is 12.4 Å². The summed E-state index contributed by atoms with van der Waals surface area (Å²) >= 11 is 6.35. The summed E-state index contributed by atoms with van der Waals surface area (Å²) in [5.74, 6) is 0.0520. The molecule has 5 aromatic rings. The van der Waals surface area contributed by atoms with Crippen LogP contribution in [0.2, 0.25) is 5.02 Å². The molecule has 2 N–H and O–H groups in total. The van der Waals surface area contributed by atoms with Gasteiger partial charge in [0.25, 0.3) is 5.91 Å². The maximum absolute atomic E-state index is 13.5. The van der Waals surface area contributed by atoms with Crippen LogP contribution >= 0.6 is 11.6 Å². The van der Waals surface area contributed by atoms with Crippen molar-refractivity contribution in [1.82, 2.24) is 0 Å². The summed E-state index contributed by atoms with van der Waals surface area (Å²) in [5.41, 5.74) is 2.23. The van der Waals surface area contributed by atoms with Crippen molar-refractivity contribution in [3.63, 3.8) is 0 Å². The number of ether oxygens (including phenoxy) is 2. The number of hydrogen-bond donors (Lipinski definition) is 2. The Morgan fingerprint density at radius 2 is 1.29 bits per heavy atom. The van der Waals surface area contributed by atoms with Gasteiger partial charge < -0.3 is 14.8 Å². The van der Waals surface area contributed by atoms with Crippen LogP contribution in [-0.4, -0.2) is 12.0 Å². The molecule has 5 rings (SSSR count). The zero-order valence-electron chi connectivity index (χ0n) is 20.2. The molecule has 0 atom stereocenters. The quantitative estimate of drug-likeness (QED) is 0.227. The van der Waals surface area contributed by atoms with E-state index in [-0.39, 0.29) is 17.9 Å². The first-order chi connectivity index (χ1) is 18.6. The molecule has 0 unspecified atom stereocenters. The number of amides is 2. The average Bonchev–Trinajstić information content (AvgIpc) is 2.94. The summed E-state index contributed by atoms with van der Waals surface area (Å²) in [4.78, 5) is 26.4. The molecule has 38 heavy (non-hydrogen) atoms. The Labute approximate surface area is 224 Å². The van der Waals surface area contributed by atoms with E-state index >= 15 is 0 Å². The molecular weight excluding hydrogens is 500 g/mol. The molecular formula is C31H23ClN2O4. The number of benzene rings is 5. The third kappa shape index (κ3) is 5.94. The van der Waals surface area contributed by atoms with Crippen molar-refractivity contribution in [1.29, 1.82) is 0 Å². The molecule has 0 fully saturated rings. The number of nitrogens with one attached hydrogen (secondary N) is 2. The number of para-hydroxylation sites is 2. The number of hydrogen-bond acceptors (Lipinski definition) is 4. The van der Waals surface area contributed by atoms with Crippen molar-refractivity contribution in [2.45, 2.75) is 6.61 Å². The molecule has 0 aliphatic carbocycles. The molecule has 188 valence electrons. The molecule has 0 aliphatic rings. The first-order valence-electron chi connectivity index (χ1n) is 11.9. The van der Waals surface area contributed by atoms with E-state index in [1.807, 2.05) is 54.6 Å². The molecule has 6 nitrogen and oxygen atoms in total. The highest BCUT2D eigenvalue weighted by Crippen LogP contribution is 2.39.